The van der Waals surface area contributed by atoms with E-state index < -0.39 is 0 Å². The van der Waals surface area contributed by atoms with Crippen molar-refractivity contribution in [3.8, 4) is 0 Å². The number of aryl methyl sites for hydroxylation is 1. The molecule has 2 aliphatic rings. The van der Waals surface area contributed by atoms with Crippen molar-refractivity contribution in [2.24, 2.45) is 11.8 Å². The lowest BCUT2D eigenvalue weighted by molar-refractivity contribution is 0.0773. The molecule has 26 heavy (non-hydrogen) atoms. The third-order valence-corrected chi connectivity index (χ3v) is 5.84. The van der Waals surface area contributed by atoms with Gasteiger partial charge < -0.3 is 4.90 Å². The molecule has 0 radical (unpaired) electrons. The highest BCUT2D eigenvalue weighted by Crippen LogP contribution is 2.33. The lowest BCUT2D eigenvalue weighted by Crippen LogP contribution is -2.32. The van der Waals surface area contributed by atoms with Crippen LogP contribution in [-0.4, -0.2) is 51.9 Å². The second kappa shape index (κ2) is 7.54. The first-order valence-corrected chi connectivity index (χ1v) is 9.53. The van der Waals surface area contributed by atoms with Crippen molar-refractivity contribution < 1.29 is 4.79 Å². The molecule has 0 N–H and O–H groups in total. The molecule has 5 nitrogen and oxygen atoms in total. The molecule has 2 fully saturated rings. The number of amides is 1. The number of carbonyl (C=O) groups excluding carboxylic acids is 1. The Morgan fingerprint density at radius 2 is 1.85 bits per heavy atom. The van der Waals surface area contributed by atoms with Gasteiger partial charge in [0.2, 0.25) is 0 Å². The molecule has 5 heteroatoms. The van der Waals surface area contributed by atoms with Crippen LogP contribution in [0.3, 0.4) is 0 Å². The van der Waals surface area contributed by atoms with Crippen LogP contribution in [0.5, 0.6) is 0 Å². The molecule has 1 amide bonds. The predicted molar refractivity (Wildman–Crippen MR) is 101 cm³/mol. The van der Waals surface area contributed by atoms with E-state index in [-0.39, 0.29) is 5.91 Å². The second-order valence-corrected chi connectivity index (χ2v) is 7.61. The van der Waals surface area contributed by atoms with Crippen LogP contribution in [0.4, 0.5) is 0 Å². The Morgan fingerprint density at radius 1 is 1.12 bits per heavy atom. The molecule has 2 aromatic heterocycles. The third-order valence-electron chi connectivity index (χ3n) is 5.84. The lowest BCUT2D eigenvalue weighted by atomic mass is 9.92. The zero-order valence-corrected chi connectivity index (χ0v) is 15.3. The van der Waals surface area contributed by atoms with E-state index in [1.807, 2.05) is 42.4 Å². The Balaban J connectivity index is 1.37. The van der Waals surface area contributed by atoms with E-state index in [4.69, 9.17) is 0 Å². The van der Waals surface area contributed by atoms with Gasteiger partial charge in [-0.1, -0.05) is 12.1 Å². The number of aromatic nitrogens is 2. The number of hydrogen-bond donors (Lipinski definition) is 0. The number of rotatable bonds is 3. The Morgan fingerprint density at radius 3 is 2.50 bits per heavy atom. The van der Waals surface area contributed by atoms with Gasteiger partial charge in [0.25, 0.3) is 5.91 Å². The highest BCUT2D eigenvalue weighted by molar-refractivity contribution is 5.93. The minimum absolute atomic E-state index is 0.100. The monoisotopic (exact) mass is 350 g/mol. The van der Waals surface area contributed by atoms with Crippen LogP contribution in [0.15, 0.2) is 42.9 Å². The van der Waals surface area contributed by atoms with Crippen LogP contribution in [-0.2, 0) is 6.54 Å². The van der Waals surface area contributed by atoms with Crippen molar-refractivity contribution in [1.82, 2.24) is 19.8 Å². The molecule has 0 aliphatic carbocycles. The highest BCUT2D eigenvalue weighted by atomic mass is 16.2. The summed E-state index contributed by atoms with van der Waals surface area (Å²) in [5.74, 6) is 1.33. The predicted octanol–water partition coefficient (Wildman–Crippen LogP) is 2.77. The van der Waals surface area contributed by atoms with Crippen molar-refractivity contribution in [2.75, 3.05) is 26.2 Å². The Kier molecular flexibility index (Phi) is 4.98. The van der Waals surface area contributed by atoms with E-state index in [1.54, 1.807) is 6.20 Å². The topological polar surface area (TPSA) is 49.3 Å². The summed E-state index contributed by atoms with van der Waals surface area (Å²) in [4.78, 5) is 25.9. The fourth-order valence-electron chi connectivity index (χ4n) is 4.33. The SMILES string of the molecule is Cc1cccnc1C(=O)N1C[C@H]2CCN(Cc3cccnc3)CC[C@H]2C1. The minimum Gasteiger partial charge on any atom is -0.337 e. The standard InChI is InChI=1S/C21H26N4O/c1-16-4-2-9-23-20(16)21(26)25-14-18-6-10-24(11-7-19(18)15-25)13-17-5-3-8-22-12-17/h2-5,8-9,12,18-19H,6-7,10-11,13-15H2,1H3/t18-,19+. The van der Waals surface area contributed by atoms with Gasteiger partial charge in [-0.05, 0) is 68.0 Å². The van der Waals surface area contributed by atoms with Gasteiger partial charge in [-0.25, -0.2) is 0 Å². The number of hydrogen-bond acceptors (Lipinski definition) is 4. The van der Waals surface area contributed by atoms with E-state index in [9.17, 15) is 4.79 Å². The fraction of sp³-hybridized carbons (Fsp3) is 0.476. The summed E-state index contributed by atoms with van der Waals surface area (Å²) in [7, 11) is 0. The Hall–Kier alpha value is -2.27. The maximum absolute atomic E-state index is 12.8. The van der Waals surface area contributed by atoms with Crippen LogP contribution >= 0.6 is 0 Å². The molecular formula is C21H26N4O. The molecule has 136 valence electrons. The maximum Gasteiger partial charge on any atom is 0.272 e. The number of fused-ring (bicyclic) bond motifs is 1. The van der Waals surface area contributed by atoms with Crippen LogP contribution in [0.25, 0.3) is 0 Å². The van der Waals surface area contributed by atoms with Gasteiger partial charge in [0.15, 0.2) is 0 Å². The van der Waals surface area contributed by atoms with Gasteiger partial charge in [-0.3, -0.25) is 19.7 Å². The smallest absolute Gasteiger partial charge is 0.272 e. The van der Waals surface area contributed by atoms with Gasteiger partial charge in [-0.2, -0.15) is 0 Å². The summed E-state index contributed by atoms with van der Waals surface area (Å²) in [5, 5.41) is 0. The van der Waals surface area contributed by atoms with Gasteiger partial charge in [0.1, 0.15) is 5.69 Å². The molecule has 0 saturated carbocycles. The number of nitrogens with zero attached hydrogens (tertiary/aromatic N) is 4. The fourth-order valence-corrected chi connectivity index (χ4v) is 4.33. The molecular weight excluding hydrogens is 324 g/mol. The zero-order chi connectivity index (χ0) is 17.9. The molecule has 0 unspecified atom stereocenters. The van der Waals surface area contributed by atoms with Gasteiger partial charge >= 0.3 is 0 Å². The maximum atomic E-state index is 12.8. The van der Waals surface area contributed by atoms with Crippen LogP contribution < -0.4 is 0 Å². The van der Waals surface area contributed by atoms with Crippen LogP contribution in [0.2, 0.25) is 0 Å². The van der Waals surface area contributed by atoms with Gasteiger partial charge in [0, 0.05) is 38.2 Å². The zero-order valence-electron chi connectivity index (χ0n) is 15.3. The van der Waals surface area contributed by atoms with Gasteiger partial charge in [-0.15, -0.1) is 0 Å². The largest absolute Gasteiger partial charge is 0.337 e. The quantitative estimate of drug-likeness (QED) is 0.854. The first-order valence-electron chi connectivity index (χ1n) is 9.53. The average Bonchev–Trinajstić information content (AvgIpc) is 2.99. The average molecular weight is 350 g/mol. The van der Waals surface area contributed by atoms with Crippen LogP contribution in [0.1, 0.15) is 34.5 Å². The van der Waals surface area contributed by atoms with Crippen molar-refractivity contribution >= 4 is 5.91 Å². The third kappa shape index (κ3) is 3.63. The summed E-state index contributed by atoms with van der Waals surface area (Å²) >= 11 is 0. The van der Waals surface area contributed by atoms with Gasteiger partial charge in [0.05, 0.1) is 0 Å². The number of carbonyl (C=O) groups is 1. The molecule has 0 aromatic carbocycles. The normalized spacial score (nSPS) is 23.5. The van der Waals surface area contributed by atoms with Crippen molar-refractivity contribution in [3.05, 3.63) is 59.7 Å². The van der Waals surface area contributed by atoms with Crippen molar-refractivity contribution in [2.45, 2.75) is 26.3 Å². The Labute approximate surface area is 155 Å². The molecule has 2 aliphatic heterocycles. The first-order chi connectivity index (χ1) is 12.7. The first kappa shape index (κ1) is 17.2. The minimum atomic E-state index is 0.100. The Bertz CT molecular complexity index is 748. The van der Waals surface area contributed by atoms with E-state index in [2.05, 4.69) is 20.9 Å². The summed E-state index contributed by atoms with van der Waals surface area (Å²) in [6.45, 7) is 6.88. The summed E-state index contributed by atoms with van der Waals surface area (Å²) in [6, 6.07) is 8.00. The van der Waals surface area contributed by atoms with Crippen molar-refractivity contribution in [1.29, 1.82) is 0 Å². The second-order valence-electron chi connectivity index (χ2n) is 7.61. The molecule has 4 rings (SSSR count). The molecule has 4 heterocycles. The van der Waals surface area contributed by atoms with E-state index in [1.165, 1.54) is 5.56 Å². The van der Waals surface area contributed by atoms with Crippen molar-refractivity contribution in [3.63, 3.8) is 0 Å². The van der Waals surface area contributed by atoms with E-state index in [0.29, 0.717) is 17.5 Å². The lowest BCUT2D eigenvalue weighted by Gasteiger charge is -2.22. The molecule has 2 atom stereocenters. The molecule has 0 spiro atoms. The van der Waals surface area contributed by atoms with E-state index in [0.717, 1.165) is 51.1 Å². The summed E-state index contributed by atoms with van der Waals surface area (Å²) in [5.41, 5.74) is 2.86. The number of pyridine rings is 2. The summed E-state index contributed by atoms with van der Waals surface area (Å²) in [6.07, 6.45) is 7.82. The molecule has 0 bridgehead atoms. The molecule has 2 saturated heterocycles. The number of likely N-dealkylation sites (tertiary alicyclic amines) is 2. The highest BCUT2D eigenvalue weighted by Gasteiger charge is 2.37. The molecule has 2 aromatic rings. The van der Waals surface area contributed by atoms with Crippen LogP contribution in [0, 0.1) is 18.8 Å². The summed E-state index contributed by atoms with van der Waals surface area (Å²) < 4.78 is 0. The van der Waals surface area contributed by atoms with E-state index >= 15 is 0 Å².